The van der Waals surface area contributed by atoms with E-state index >= 15 is 0 Å². The first-order valence-electron chi connectivity index (χ1n) is 22.2. The zero-order valence-corrected chi connectivity index (χ0v) is 37.3. The number of nitrogens with zero attached hydrogens (tertiary/aromatic N) is 1. The first-order valence-corrected chi connectivity index (χ1v) is 22.2. The van der Waals surface area contributed by atoms with Crippen molar-refractivity contribution < 1.29 is 0 Å². The molecule has 0 heterocycles. The fraction of sp³-hybridized carbons (Fsp3) is 0.180. The van der Waals surface area contributed by atoms with Crippen molar-refractivity contribution in [1.82, 2.24) is 0 Å². The van der Waals surface area contributed by atoms with Gasteiger partial charge in [0.25, 0.3) is 0 Å². The number of benzene rings is 9. The Bertz CT molecular complexity index is 3130. The van der Waals surface area contributed by atoms with E-state index in [0.29, 0.717) is 0 Å². The third-order valence-corrected chi connectivity index (χ3v) is 13.3. The van der Waals surface area contributed by atoms with Crippen molar-refractivity contribution in [3.63, 3.8) is 0 Å². The Morgan fingerprint density at radius 2 is 0.903 bits per heavy atom. The average molecular weight is 802 g/mol. The van der Waals surface area contributed by atoms with Gasteiger partial charge in [0.05, 0.1) is 5.69 Å². The molecule has 0 unspecified atom stereocenters. The number of para-hydroxylation sites is 1. The van der Waals surface area contributed by atoms with Crippen molar-refractivity contribution in [3.8, 4) is 44.5 Å². The summed E-state index contributed by atoms with van der Waals surface area (Å²) in [5, 5.41) is 4.94. The Morgan fingerprint density at radius 3 is 1.61 bits per heavy atom. The van der Waals surface area contributed by atoms with Gasteiger partial charge >= 0.3 is 0 Å². The maximum atomic E-state index is 2.45. The maximum Gasteiger partial charge on any atom is 0.0540 e. The largest absolute Gasteiger partial charge is 0.310 e. The van der Waals surface area contributed by atoms with E-state index in [1.165, 1.54) is 88.3 Å². The Hall–Kier alpha value is -6.70. The molecule has 0 atom stereocenters. The van der Waals surface area contributed by atoms with Gasteiger partial charge in [-0.2, -0.15) is 0 Å². The molecule has 9 aromatic carbocycles. The van der Waals surface area contributed by atoms with Crippen molar-refractivity contribution in [3.05, 3.63) is 210 Å². The van der Waals surface area contributed by atoms with Gasteiger partial charge in [0, 0.05) is 22.4 Å². The maximum absolute atomic E-state index is 2.45. The summed E-state index contributed by atoms with van der Waals surface area (Å²) in [4.78, 5) is 2.45. The molecular formula is C61H55N. The van der Waals surface area contributed by atoms with Crippen molar-refractivity contribution in [1.29, 1.82) is 0 Å². The highest BCUT2D eigenvalue weighted by molar-refractivity contribution is 6.09. The smallest absolute Gasteiger partial charge is 0.0540 e. The standard InChI is InChI=1S/C61H55N/c1-59(2,3)46-35-45(36-47(39-46)60(4,5)6)50-23-15-19-42-20-16-24-54(58(42)50)53-22-12-14-26-57(53)62(49-33-29-40-17-9-10-18-43(40)37-49)48-31-27-41(28-32-48)44-30-34-52-51-21-11-13-25-55(51)61(7,8)56(52)38-44/h9-39H,1-8H3. The molecule has 0 aliphatic heterocycles. The highest BCUT2D eigenvalue weighted by atomic mass is 15.1. The molecule has 1 nitrogen and oxygen atoms in total. The molecule has 1 aliphatic carbocycles. The second-order valence-electron chi connectivity index (χ2n) is 19.9. The number of anilines is 3. The van der Waals surface area contributed by atoms with E-state index in [-0.39, 0.29) is 16.2 Å². The summed E-state index contributed by atoms with van der Waals surface area (Å²) in [5.41, 5.74) is 18.9. The summed E-state index contributed by atoms with van der Waals surface area (Å²) in [5.74, 6) is 0. The number of rotatable bonds is 6. The lowest BCUT2D eigenvalue weighted by molar-refractivity contribution is 0.569. The van der Waals surface area contributed by atoms with Crippen molar-refractivity contribution in [2.24, 2.45) is 0 Å². The number of hydrogen-bond donors (Lipinski definition) is 0. The Balaban J connectivity index is 1.14. The summed E-state index contributed by atoms with van der Waals surface area (Å²) < 4.78 is 0. The van der Waals surface area contributed by atoms with E-state index < -0.39 is 0 Å². The SMILES string of the molecule is CC(C)(C)c1cc(-c2cccc3cccc(-c4ccccc4N(c4ccc(-c5ccc6c(c5)C(C)(C)c5ccccc5-6)cc4)c4ccc5ccccc5c4)c23)cc(C(C)(C)C)c1. The van der Waals surface area contributed by atoms with E-state index in [9.17, 15) is 0 Å². The molecule has 0 saturated heterocycles. The highest BCUT2D eigenvalue weighted by Gasteiger charge is 2.35. The zero-order valence-electron chi connectivity index (χ0n) is 37.3. The van der Waals surface area contributed by atoms with Crippen molar-refractivity contribution in [2.75, 3.05) is 4.90 Å². The quantitative estimate of drug-likeness (QED) is 0.162. The van der Waals surface area contributed by atoms with Gasteiger partial charge in [0.15, 0.2) is 0 Å². The monoisotopic (exact) mass is 801 g/mol. The topological polar surface area (TPSA) is 3.24 Å². The lowest BCUT2D eigenvalue weighted by atomic mass is 9.78. The predicted octanol–water partition coefficient (Wildman–Crippen LogP) is 17.4. The second-order valence-corrected chi connectivity index (χ2v) is 19.9. The molecule has 0 amide bonds. The first-order chi connectivity index (χ1) is 29.8. The predicted molar refractivity (Wildman–Crippen MR) is 267 cm³/mol. The van der Waals surface area contributed by atoms with E-state index in [2.05, 4.69) is 248 Å². The molecule has 0 spiro atoms. The molecule has 304 valence electrons. The molecule has 0 N–H and O–H groups in total. The normalized spacial score (nSPS) is 13.3. The van der Waals surface area contributed by atoms with E-state index in [0.717, 1.165) is 17.1 Å². The van der Waals surface area contributed by atoms with Gasteiger partial charge in [-0.25, -0.2) is 0 Å². The molecular weight excluding hydrogens is 747 g/mol. The van der Waals surface area contributed by atoms with E-state index in [1.807, 2.05) is 0 Å². The molecule has 1 heteroatoms. The molecule has 0 bridgehead atoms. The average Bonchev–Trinajstić information content (AvgIpc) is 3.51. The summed E-state index contributed by atoms with van der Waals surface area (Å²) in [6.07, 6.45) is 0. The Labute approximate surface area is 368 Å². The van der Waals surface area contributed by atoms with Crippen LogP contribution in [0.4, 0.5) is 17.1 Å². The van der Waals surface area contributed by atoms with Gasteiger partial charge in [-0.15, -0.1) is 0 Å². The fourth-order valence-corrected chi connectivity index (χ4v) is 9.78. The lowest BCUT2D eigenvalue weighted by Crippen LogP contribution is -2.16. The zero-order chi connectivity index (χ0) is 43.0. The molecule has 0 radical (unpaired) electrons. The number of fused-ring (bicyclic) bond motifs is 5. The summed E-state index contributed by atoms with van der Waals surface area (Å²) in [6.45, 7) is 18.6. The summed E-state index contributed by atoms with van der Waals surface area (Å²) >= 11 is 0. The minimum Gasteiger partial charge on any atom is -0.310 e. The minimum atomic E-state index is -0.0514. The molecule has 62 heavy (non-hydrogen) atoms. The summed E-state index contributed by atoms with van der Waals surface area (Å²) in [6, 6.07) is 70.5. The van der Waals surface area contributed by atoms with Crippen LogP contribution in [-0.4, -0.2) is 0 Å². The van der Waals surface area contributed by atoms with Crippen LogP contribution >= 0.6 is 0 Å². The van der Waals surface area contributed by atoms with Crippen LogP contribution in [0.1, 0.15) is 77.6 Å². The van der Waals surface area contributed by atoms with Crippen LogP contribution in [-0.2, 0) is 16.2 Å². The van der Waals surface area contributed by atoms with Crippen LogP contribution in [0, 0.1) is 0 Å². The lowest BCUT2D eigenvalue weighted by Gasteiger charge is -2.29. The van der Waals surface area contributed by atoms with Crippen LogP contribution in [0.5, 0.6) is 0 Å². The van der Waals surface area contributed by atoms with Crippen molar-refractivity contribution >= 4 is 38.6 Å². The van der Waals surface area contributed by atoms with Crippen molar-refractivity contribution in [2.45, 2.75) is 71.6 Å². The summed E-state index contributed by atoms with van der Waals surface area (Å²) in [7, 11) is 0. The van der Waals surface area contributed by atoms with Gasteiger partial charge < -0.3 is 4.90 Å². The molecule has 10 rings (SSSR count). The fourth-order valence-electron chi connectivity index (χ4n) is 9.78. The van der Waals surface area contributed by atoms with E-state index in [4.69, 9.17) is 0 Å². The minimum absolute atomic E-state index is 0.00885. The van der Waals surface area contributed by atoms with Crippen LogP contribution in [0.15, 0.2) is 188 Å². The molecule has 9 aromatic rings. The third-order valence-electron chi connectivity index (χ3n) is 13.3. The van der Waals surface area contributed by atoms with Crippen LogP contribution < -0.4 is 4.90 Å². The van der Waals surface area contributed by atoms with Gasteiger partial charge in [-0.1, -0.05) is 207 Å². The highest BCUT2D eigenvalue weighted by Crippen LogP contribution is 2.50. The van der Waals surface area contributed by atoms with Crippen LogP contribution in [0.3, 0.4) is 0 Å². The third kappa shape index (κ3) is 6.81. The van der Waals surface area contributed by atoms with Crippen LogP contribution in [0.25, 0.3) is 66.1 Å². The van der Waals surface area contributed by atoms with Crippen LogP contribution in [0.2, 0.25) is 0 Å². The Morgan fingerprint density at radius 1 is 0.355 bits per heavy atom. The first kappa shape index (κ1) is 39.4. The molecule has 0 fully saturated rings. The second kappa shape index (κ2) is 14.7. The molecule has 0 aromatic heterocycles. The molecule has 0 saturated carbocycles. The molecule has 1 aliphatic rings. The van der Waals surface area contributed by atoms with Gasteiger partial charge in [0.2, 0.25) is 0 Å². The number of hydrogen-bond acceptors (Lipinski definition) is 1. The van der Waals surface area contributed by atoms with Gasteiger partial charge in [0.1, 0.15) is 0 Å². The van der Waals surface area contributed by atoms with Gasteiger partial charge in [-0.05, 0) is 130 Å². The van der Waals surface area contributed by atoms with Gasteiger partial charge in [-0.3, -0.25) is 0 Å². The Kier molecular flexibility index (Phi) is 9.38. The van der Waals surface area contributed by atoms with E-state index in [1.54, 1.807) is 0 Å².